The monoisotopic (exact) mass is 508 g/mol. The minimum absolute atomic E-state index is 0.0690. The minimum atomic E-state index is -0.874. The predicted molar refractivity (Wildman–Crippen MR) is 138 cm³/mol. The number of anilines is 1. The lowest BCUT2D eigenvalue weighted by Gasteiger charge is -2.21. The number of hydrogen-bond donors (Lipinski definition) is 1. The van der Waals surface area contributed by atoms with Gasteiger partial charge in [-0.3, -0.25) is 4.79 Å². The number of nitrogens with zero attached hydrogens (tertiary/aromatic N) is 5. The number of nitrogens with two attached hydrogens (primary N) is 1. The van der Waals surface area contributed by atoms with Crippen LogP contribution in [0.4, 0.5) is 5.95 Å². The van der Waals surface area contributed by atoms with E-state index in [0.29, 0.717) is 37.3 Å². The number of ether oxygens (including phenoxy) is 1. The molecule has 10 heteroatoms. The van der Waals surface area contributed by atoms with Gasteiger partial charge in [0.1, 0.15) is 6.04 Å². The van der Waals surface area contributed by atoms with Crippen molar-refractivity contribution in [2.24, 2.45) is 16.8 Å². The summed E-state index contributed by atoms with van der Waals surface area (Å²) in [5.41, 5.74) is 8.11. The molecule has 2 N–H and O–H groups in total. The Morgan fingerprint density at radius 2 is 1.83 bits per heavy atom. The second kappa shape index (κ2) is 10.3. The van der Waals surface area contributed by atoms with Crippen LogP contribution in [-0.4, -0.2) is 45.7 Å². The van der Waals surface area contributed by atoms with Crippen molar-refractivity contribution in [1.82, 2.24) is 14.3 Å². The Morgan fingerprint density at radius 1 is 1.14 bits per heavy atom. The maximum absolute atomic E-state index is 13.4. The van der Waals surface area contributed by atoms with Crippen LogP contribution < -0.4 is 16.4 Å². The summed E-state index contributed by atoms with van der Waals surface area (Å²) >= 11 is 6.13. The summed E-state index contributed by atoms with van der Waals surface area (Å²) in [4.78, 5) is 25.6. The fraction of sp³-hybridized carbons (Fsp3) is 0.385. The molecule has 2 aliphatic rings. The van der Waals surface area contributed by atoms with E-state index in [4.69, 9.17) is 27.2 Å². The lowest BCUT2D eigenvalue weighted by Crippen LogP contribution is -2.36. The lowest BCUT2D eigenvalue weighted by molar-refractivity contribution is -0.120. The number of amides is 1. The van der Waals surface area contributed by atoms with E-state index in [1.54, 1.807) is 11.9 Å². The second-order valence-corrected chi connectivity index (χ2v) is 9.74. The Hall–Kier alpha value is -3.43. The molecule has 188 valence electrons. The summed E-state index contributed by atoms with van der Waals surface area (Å²) < 4.78 is 8.26. The number of aromatic nitrogens is 3. The standard InChI is InChI=1S/C26H29ClN6O3/c1-17(24(28)34)33-25(30-32(26(33)35)15-18-11-13-36-14-12-18)31-16-22(19-5-3-2-4-6-19)23(29-31)20-7-9-21(27)10-8-20/h2-10,17-18,22H,11-16H2,1H3,(H2,28,34)/t17-,22+/m1/s1. The average Bonchev–Trinajstić information content (AvgIpc) is 3.47. The van der Waals surface area contributed by atoms with Crippen molar-refractivity contribution in [3.63, 3.8) is 0 Å². The van der Waals surface area contributed by atoms with Crippen molar-refractivity contribution in [1.29, 1.82) is 0 Å². The third kappa shape index (κ3) is 4.81. The van der Waals surface area contributed by atoms with Gasteiger partial charge >= 0.3 is 5.69 Å². The van der Waals surface area contributed by atoms with Gasteiger partial charge in [0.2, 0.25) is 11.9 Å². The van der Waals surface area contributed by atoms with Crippen molar-refractivity contribution in [2.45, 2.75) is 38.3 Å². The molecular weight excluding hydrogens is 480 g/mol. The van der Waals surface area contributed by atoms with Crippen LogP contribution in [0.25, 0.3) is 0 Å². The number of hydrazone groups is 1. The summed E-state index contributed by atoms with van der Waals surface area (Å²) in [7, 11) is 0. The Kier molecular flexibility index (Phi) is 6.93. The topological polar surface area (TPSA) is 108 Å². The Balaban J connectivity index is 1.57. The number of hydrogen-bond acceptors (Lipinski definition) is 6. The summed E-state index contributed by atoms with van der Waals surface area (Å²) in [5, 5.41) is 11.9. The first-order chi connectivity index (χ1) is 17.4. The largest absolute Gasteiger partial charge is 0.381 e. The minimum Gasteiger partial charge on any atom is -0.381 e. The van der Waals surface area contributed by atoms with Crippen LogP contribution in [0.15, 0.2) is 64.5 Å². The van der Waals surface area contributed by atoms with Gasteiger partial charge < -0.3 is 10.5 Å². The van der Waals surface area contributed by atoms with E-state index in [1.807, 2.05) is 42.5 Å². The fourth-order valence-electron chi connectivity index (χ4n) is 4.80. The van der Waals surface area contributed by atoms with Gasteiger partial charge in [0, 0.05) is 30.7 Å². The smallest absolute Gasteiger partial charge is 0.348 e. The van der Waals surface area contributed by atoms with E-state index < -0.39 is 11.9 Å². The van der Waals surface area contributed by atoms with Crippen LogP contribution in [0.3, 0.4) is 0 Å². The molecule has 0 aliphatic carbocycles. The highest BCUT2D eigenvalue weighted by Gasteiger charge is 2.35. The van der Waals surface area contributed by atoms with E-state index in [-0.39, 0.29) is 17.5 Å². The molecule has 0 unspecified atom stereocenters. The maximum atomic E-state index is 13.4. The highest BCUT2D eigenvalue weighted by atomic mass is 35.5. The summed E-state index contributed by atoms with van der Waals surface area (Å²) in [6.45, 7) is 3.87. The Labute approximate surface area is 214 Å². The first-order valence-corrected chi connectivity index (χ1v) is 12.5. The van der Waals surface area contributed by atoms with E-state index >= 15 is 0 Å². The Bertz CT molecular complexity index is 1310. The van der Waals surface area contributed by atoms with Gasteiger partial charge in [-0.15, -0.1) is 5.10 Å². The van der Waals surface area contributed by atoms with E-state index in [2.05, 4.69) is 17.2 Å². The van der Waals surface area contributed by atoms with Crippen LogP contribution in [0.5, 0.6) is 0 Å². The Morgan fingerprint density at radius 3 is 2.50 bits per heavy atom. The molecule has 2 atom stereocenters. The summed E-state index contributed by atoms with van der Waals surface area (Å²) in [6, 6.07) is 16.7. The van der Waals surface area contributed by atoms with E-state index in [1.165, 1.54) is 9.25 Å². The molecule has 2 aliphatic heterocycles. The molecule has 1 amide bonds. The third-order valence-corrected chi connectivity index (χ3v) is 7.16. The van der Waals surface area contributed by atoms with Crippen molar-refractivity contribution in [3.05, 3.63) is 81.2 Å². The summed E-state index contributed by atoms with van der Waals surface area (Å²) in [5.74, 6) is -0.0892. The van der Waals surface area contributed by atoms with Crippen LogP contribution in [0, 0.1) is 5.92 Å². The normalized spacial score (nSPS) is 19.3. The molecule has 1 aromatic heterocycles. The number of benzene rings is 2. The van der Waals surface area contributed by atoms with Gasteiger partial charge in [0.15, 0.2) is 0 Å². The summed E-state index contributed by atoms with van der Waals surface area (Å²) in [6.07, 6.45) is 1.72. The molecule has 1 saturated heterocycles. The highest BCUT2D eigenvalue weighted by molar-refractivity contribution is 6.30. The van der Waals surface area contributed by atoms with Crippen molar-refractivity contribution >= 4 is 29.2 Å². The molecule has 5 rings (SSSR count). The first kappa shape index (κ1) is 24.3. The number of primary amides is 1. The molecule has 0 radical (unpaired) electrons. The predicted octanol–water partition coefficient (Wildman–Crippen LogP) is 3.18. The molecule has 0 spiro atoms. The van der Waals surface area contributed by atoms with Crippen molar-refractivity contribution in [2.75, 3.05) is 24.8 Å². The number of carbonyl (C=O) groups is 1. The number of rotatable bonds is 7. The SMILES string of the molecule is C[C@H](C(N)=O)n1c(N2C[C@@H](c3ccccc3)C(c3ccc(Cl)cc3)=N2)nn(CC2CCOCC2)c1=O. The molecule has 0 bridgehead atoms. The zero-order valence-electron chi connectivity index (χ0n) is 20.1. The van der Waals surface area contributed by atoms with Crippen LogP contribution in [0.2, 0.25) is 5.02 Å². The first-order valence-electron chi connectivity index (χ1n) is 12.2. The highest BCUT2D eigenvalue weighted by Crippen LogP contribution is 2.32. The molecule has 1 fully saturated rings. The van der Waals surface area contributed by atoms with Crippen LogP contribution >= 0.6 is 11.6 Å². The van der Waals surface area contributed by atoms with E-state index in [9.17, 15) is 9.59 Å². The molecular formula is C26H29ClN6O3. The maximum Gasteiger partial charge on any atom is 0.348 e. The third-order valence-electron chi connectivity index (χ3n) is 6.91. The van der Waals surface area contributed by atoms with Gasteiger partial charge in [-0.25, -0.2) is 19.1 Å². The lowest BCUT2D eigenvalue weighted by atomic mass is 9.91. The molecule has 3 aromatic rings. The number of halogens is 1. The van der Waals surface area contributed by atoms with Crippen LogP contribution in [-0.2, 0) is 16.1 Å². The number of carbonyl (C=O) groups excluding carboxylic acids is 1. The van der Waals surface area contributed by atoms with Gasteiger partial charge in [0.05, 0.1) is 12.3 Å². The van der Waals surface area contributed by atoms with Gasteiger partial charge in [-0.2, -0.15) is 5.10 Å². The second-order valence-electron chi connectivity index (χ2n) is 9.31. The van der Waals surface area contributed by atoms with Crippen molar-refractivity contribution < 1.29 is 9.53 Å². The zero-order valence-corrected chi connectivity index (χ0v) is 20.8. The molecule has 3 heterocycles. The van der Waals surface area contributed by atoms with Gasteiger partial charge in [-0.1, -0.05) is 54.1 Å². The van der Waals surface area contributed by atoms with Crippen LogP contribution in [0.1, 0.15) is 42.9 Å². The molecule has 36 heavy (non-hydrogen) atoms. The quantitative estimate of drug-likeness (QED) is 0.527. The molecule has 0 saturated carbocycles. The molecule has 2 aromatic carbocycles. The average molecular weight is 509 g/mol. The van der Waals surface area contributed by atoms with E-state index in [0.717, 1.165) is 29.7 Å². The van der Waals surface area contributed by atoms with Crippen molar-refractivity contribution in [3.8, 4) is 0 Å². The fourth-order valence-corrected chi connectivity index (χ4v) is 4.92. The zero-order chi connectivity index (χ0) is 25.2. The van der Waals surface area contributed by atoms with Gasteiger partial charge in [-0.05, 0) is 48.9 Å². The van der Waals surface area contributed by atoms with Gasteiger partial charge in [0.25, 0.3) is 0 Å². The molecule has 9 nitrogen and oxygen atoms in total.